The molecule has 1 N–H and O–H groups in total. The minimum Gasteiger partial charge on any atom is -0.477 e. The molecule has 0 fully saturated rings. The van der Waals surface area contributed by atoms with E-state index >= 15 is 0 Å². The molecular weight excluding hydrogens is 421 g/mol. The smallest absolute Gasteiger partial charge is 0.392 e. The molecule has 0 saturated heterocycles. The summed E-state index contributed by atoms with van der Waals surface area (Å²) >= 11 is 0. The summed E-state index contributed by atoms with van der Waals surface area (Å²) < 4.78 is 41.6. The molecule has 1 aliphatic carbocycles. The molecule has 1 aliphatic rings. The quantitative estimate of drug-likeness (QED) is 0.621. The van der Waals surface area contributed by atoms with Gasteiger partial charge < -0.3 is 10.1 Å². The molecule has 2 heterocycles. The van der Waals surface area contributed by atoms with E-state index in [1.807, 2.05) is 18.2 Å². The minimum absolute atomic E-state index is 0.0475. The first kappa shape index (κ1) is 21.7. The topological polar surface area (TPSA) is 77.0 Å². The molecule has 2 aromatic heterocycles. The molecule has 3 aromatic rings. The Kier molecular flexibility index (Phi) is 6.34. The highest BCUT2D eigenvalue weighted by atomic mass is 19.4. The second-order valence-corrected chi connectivity index (χ2v) is 7.59. The normalized spacial score (nSPS) is 15.7. The van der Waals surface area contributed by atoms with Crippen LogP contribution in [0.5, 0.6) is 5.88 Å². The van der Waals surface area contributed by atoms with Crippen LogP contribution in [0.1, 0.15) is 34.3 Å². The Labute approximate surface area is 182 Å². The summed E-state index contributed by atoms with van der Waals surface area (Å²) in [6.45, 7) is -0.515. The average Bonchev–Trinajstić information content (AvgIpc) is 2.79. The maximum absolute atomic E-state index is 12.7. The molecule has 1 atom stereocenters. The molecular formula is C23H21F3N4O2. The molecule has 0 aliphatic heterocycles. The Balaban J connectivity index is 1.39. The Morgan fingerprint density at radius 3 is 2.72 bits per heavy atom. The predicted octanol–water partition coefficient (Wildman–Crippen LogP) is 4.16. The summed E-state index contributed by atoms with van der Waals surface area (Å²) in [7, 11) is 0. The summed E-state index contributed by atoms with van der Waals surface area (Å²) in [5.41, 5.74) is 4.83. The lowest BCUT2D eigenvalue weighted by Crippen LogP contribution is -2.39. The largest absolute Gasteiger partial charge is 0.477 e. The molecule has 9 heteroatoms. The number of fused-ring (bicyclic) bond motifs is 1. The maximum Gasteiger partial charge on any atom is 0.392 e. The van der Waals surface area contributed by atoms with Crippen LogP contribution in [0, 0.1) is 0 Å². The molecule has 166 valence electrons. The number of amides is 1. The van der Waals surface area contributed by atoms with Gasteiger partial charge in [-0.3, -0.25) is 4.79 Å². The number of rotatable bonds is 6. The van der Waals surface area contributed by atoms with Crippen LogP contribution in [-0.4, -0.2) is 39.9 Å². The van der Waals surface area contributed by atoms with Gasteiger partial charge in [-0.1, -0.05) is 18.2 Å². The first-order valence-electron chi connectivity index (χ1n) is 10.2. The van der Waals surface area contributed by atoms with Crippen molar-refractivity contribution in [2.24, 2.45) is 0 Å². The molecule has 0 radical (unpaired) electrons. The van der Waals surface area contributed by atoms with Crippen LogP contribution in [0.3, 0.4) is 0 Å². The van der Waals surface area contributed by atoms with Crippen molar-refractivity contribution in [3.63, 3.8) is 0 Å². The zero-order valence-electron chi connectivity index (χ0n) is 17.1. The van der Waals surface area contributed by atoms with Gasteiger partial charge in [0.15, 0.2) is 0 Å². The van der Waals surface area contributed by atoms with Crippen LogP contribution < -0.4 is 10.1 Å². The van der Waals surface area contributed by atoms with E-state index in [4.69, 9.17) is 4.74 Å². The van der Waals surface area contributed by atoms with E-state index in [1.54, 1.807) is 12.4 Å². The first-order chi connectivity index (χ1) is 15.4. The SMILES string of the molecule is O=C(N[C@@H]1CCc2cccc(-c3ccnnc3)c2C1)c1ccc(OCCC(F)(F)F)nc1. The van der Waals surface area contributed by atoms with Gasteiger partial charge in [0.2, 0.25) is 5.88 Å². The summed E-state index contributed by atoms with van der Waals surface area (Å²) in [5, 5.41) is 10.8. The number of carbonyl (C=O) groups is 1. The third-order valence-electron chi connectivity index (χ3n) is 5.35. The van der Waals surface area contributed by atoms with Gasteiger partial charge in [-0.2, -0.15) is 23.4 Å². The van der Waals surface area contributed by atoms with Crippen LogP contribution >= 0.6 is 0 Å². The van der Waals surface area contributed by atoms with Crippen molar-refractivity contribution in [1.29, 1.82) is 0 Å². The number of aryl methyl sites for hydroxylation is 1. The molecule has 0 bridgehead atoms. The lowest BCUT2D eigenvalue weighted by atomic mass is 9.83. The van der Waals surface area contributed by atoms with E-state index in [2.05, 4.69) is 26.6 Å². The number of nitrogens with zero attached hydrogens (tertiary/aromatic N) is 3. The van der Waals surface area contributed by atoms with Gasteiger partial charge in [-0.05, 0) is 48.1 Å². The first-order valence-corrected chi connectivity index (χ1v) is 10.2. The van der Waals surface area contributed by atoms with E-state index in [0.29, 0.717) is 12.0 Å². The molecule has 1 amide bonds. The lowest BCUT2D eigenvalue weighted by Gasteiger charge is -2.27. The lowest BCUT2D eigenvalue weighted by molar-refractivity contribution is -0.139. The number of ether oxygens (including phenoxy) is 1. The van der Waals surface area contributed by atoms with Gasteiger partial charge >= 0.3 is 6.18 Å². The van der Waals surface area contributed by atoms with Gasteiger partial charge in [-0.15, -0.1) is 0 Å². The summed E-state index contributed by atoms with van der Waals surface area (Å²) in [6, 6.07) is 10.9. The number of nitrogens with one attached hydrogen (secondary N) is 1. The Bertz CT molecular complexity index is 1070. The van der Waals surface area contributed by atoms with Crippen molar-refractivity contribution >= 4 is 5.91 Å². The van der Waals surface area contributed by atoms with Crippen molar-refractivity contribution in [2.45, 2.75) is 37.9 Å². The predicted molar refractivity (Wildman–Crippen MR) is 111 cm³/mol. The Hall–Kier alpha value is -3.49. The highest BCUT2D eigenvalue weighted by molar-refractivity contribution is 5.94. The molecule has 32 heavy (non-hydrogen) atoms. The van der Waals surface area contributed by atoms with Gasteiger partial charge in [0.1, 0.15) is 0 Å². The highest BCUT2D eigenvalue weighted by Gasteiger charge is 2.27. The maximum atomic E-state index is 12.7. The van der Waals surface area contributed by atoms with Crippen molar-refractivity contribution in [2.75, 3.05) is 6.61 Å². The monoisotopic (exact) mass is 442 g/mol. The second-order valence-electron chi connectivity index (χ2n) is 7.59. The fraction of sp³-hybridized carbons (Fsp3) is 0.304. The van der Waals surface area contributed by atoms with Crippen LogP contribution in [0.15, 0.2) is 55.0 Å². The van der Waals surface area contributed by atoms with Gasteiger partial charge in [-0.25, -0.2) is 4.98 Å². The molecule has 0 saturated carbocycles. The van der Waals surface area contributed by atoms with E-state index in [-0.39, 0.29) is 17.8 Å². The Morgan fingerprint density at radius 2 is 2.00 bits per heavy atom. The van der Waals surface area contributed by atoms with E-state index in [9.17, 15) is 18.0 Å². The molecule has 1 aromatic carbocycles. The number of hydrogen-bond donors (Lipinski definition) is 1. The standard InChI is InChI=1S/C23H21F3N4O2/c24-23(25,26)9-11-32-21-7-5-17(13-27-21)22(31)30-18-6-4-15-2-1-3-19(20(15)12-18)16-8-10-28-29-14-16/h1-3,5,7-8,10,13-14,18H,4,6,9,11-12H2,(H,30,31)/t18-/m1/s1. The molecule has 0 spiro atoms. The van der Waals surface area contributed by atoms with Crippen LogP contribution in [0.4, 0.5) is 13.2 Å². The second kappa shape index (κ2) is 9.33. The number of aromatic nitrogens is 3. The summed E-state index contributed by atoms with van der Waals surface area (Å²) in [5.74, 6) is -0.233. The van der Waals surface area contributed by atoms with Gasteiger partial charge in [0, 0.05) is 23.9 Å². The third kappa shape index (κ3) is 5.40. The number of benzene rings is 1. The van der Waals surface area contributed by atoms with Crippen LogP contribution in [0.25, 0.3) is 11.1 Å². The molecule has 0 unspecified atom stereocenters. The zero-order valence-corrected chi connectivity index (χ0v) is 17.1. The fourth-order valence-electron chi connectivity index (χ4n) is 3.77. The minimum atomic E-state index is -4.29. The molecule has 4 rings (SSSR count). The number of alkyl halides is 3. The summed E-state index contributed by atoms with van der Waals surface area (Å²) in [4.78, 5) is 16.6. The van der Waals surface area contributed by atoms with Crippen molar-refractivity contribution < 1.29 is 22.7 Å². The summed E-state index contributed by atoms with van der Waals surface area (Å²) in [6.07, 6.45) is 1.68. The average molecular weight is 442 g/mol. The Morgan fingerprint density at radius 1 is 1.12 bits per heavy atom. The third-order valence-corrected chi connectivity index (χ3v) is 5.35. The number of hydrogen-bond acceptors (Lipinski definition) is 5. The van der Waals surface area contributed by atoms with Crippen LogP contribution in [-0.2, 0) is 12.8 Å². The number of pyridine rings is 1. The fourth-order valence-corrected chi connectivity index (χ4v) is 3.77. The van der Waals surface area contributed by atoms with Crippen molar-refractivity contribution in [3.8, 4) is 17.0 Å². The van der Waals surface area contributed by atoms with E-state index in [0.717, 1.165) is 24.0 Å². The number of carbonyl (C=O) groups excluding carboxylic acids is 1. The van der Waals surface area contributed by atoms with E-state index < -0.39 is 19.2 Å². The van der Waals surface area contributed by atoms with Crippen molar-refractivity contribution in [3.05, 3.63) is 71.7 Å². The highest BCUT2D eigenvalue weighted by Crippen LogP contribution is 2.31. The zero-order chi connectivity index (χ0) is 22.6. The van der Waals surface area contributed by atoms with Crippen LogP contribution in [0.2, 0.25) is 0 Å². The van der Waals surface area contributed by atoms with Gasteiger partial charge in [0.05, 0.1) is 31.0 Å². The van der Waals surface area contributed by atoms with Crippen molar-refractivity contribution in [1.82, 2.24) is 20.5 Å². The van der Waals surface area contributed by atoms with E-state index in [1.165, 1.54) is 29.5 Å². The number of halogens is 3. The van der Waals surface area contributed by atoms with Gasteiger partial charge in [0.25, 0.3) is 5.91 Å². The molecule has 6 nitrogen and oxygen atoms in total.